The highest BCUT2D eigenvalue weighted by molar-refractivity contribution is 6.39. The SMILES string of the molecule is CNC(=N)NC[C@H]1Cc2ccccc2[C@@H]1NC(=O)C(=O)Nc1ccc(Cl)c(F)c1. The number of nitrogens with one attached hydrogen (secondary N) is 5. The Labute approximate surface area is 172 Å². The molecular formula is C20H21ClFN5O2. The molecule has 152 valence electrons. The molecule has 29 heavy (non-hydrogen) atoms. The number of halogens is 2. The molecular weight excluding hydrogens is 397 g/mol. The van der Waals surface area contributed by atoms with Gasteiger partial charge in [0.1, 0.15) is 5.82 Å². The highest BCUT2D eigenvalue weighted by Crippen LogP contribution is 2.35. The lowest BCUT2D eigenvalue weighted by Gasteiger charge is -2.22. The maximum atomic E-state index is 13.5. The largest absolute Gasteiger partial charge is 0.360 e. The third kappa shape index (κ3) is 4.83. The van der Waals surface area contributed by atoms with E-state index in [-0.39, 0.29) is 28.6 Å². The number of benzene rings is 2. The summed E-state index contributed by atoms with van der Waals surface area (Å²) in [5.74, 6) is -2.27. The summed E-state index contributed by atoms with van der Waals surface area (Å²) in [6.07, 6.45) is 0.704. The zero-order chi connectivity index (χ0) is 21.0. The number of fused-ring (bicyclic) bond motifs is 1. The molecule has 2 aromatic rings. The molecule has 0 saturated carbocycles. The molecule has 0 fully saturated rings. The molecule has 0 aliphatic heterocycles. The van der Waals surface area contributed by atoms with Gasteiger partial charge in [0.2, 0.25) is 0 Å². The summed E-state index contributed by atoms with van der Waals surface area (Å²) < 4.78 is 13.5. The average molecular weight is 418 g/mol. The van der Waals surface area contributed by atoms with Gasteiger partial charge in [-0.1, -0.05) is 35.9 Å². The summed E-state index contributed by atoms with van der Waals surface area (Å²) in [6, 6.07) is 11.1. The van der Waals surface area contributed by atoms with Gasteiger partial charge in [-0.25, -0.2) is 4.39 Å². The Balaban J connectivity index is 1.70. The van der Waals surface area contributed by atoms with Crippen LogP contribution in [0.25, 0.3) is 0 Å². The first-order valence-corrected chi connectivity index (χ1v) is 9.41. The number of hydrogen-bond acceptors (Lipinski definition) is 3. The van der Waals surface area contributed by atoms with Crippen molar-refractivity contribution in [2.24, 2.45) is 5.92 Å². The topological polar surface area (TPSA) is 106 Å². The average Bonchev–Trinajstić information content (AvgIpc) is 3.06. The van der Waals surface area contributed by atoms with Crippen LogP contribution in [0.1, 0.15) is 17.2 Å². The van der Waals surface area contributed by atoms with Crippen molar-refractivity contribution in [1.29, 1.82) is 5.41 Å². The summed E-state index contributed by atoms with van der Waals surface area (Å²) >= 11 is 5.63. The molecule has 0 spiro atoms. The minimum Gasteiger partial charge on any atom is -0.360 e. The normalized spacial score (nSPS) is 17.2. The molecule has 1 aliphatic carbocycles. The van der Waals surface area contributed by atoms with Crippen molar-refractivity contribution in [3.63, 3.8) is 0 Å². The lowest BCUT2D eigenvalue weighted by Crippen LogP contribution is -2.43. The maximum absolute atomic E-state index is 13.5. The minimum atomic E-state index is -0.897. The third-order valence-corrected chi connectivity index (χ3v) is 5.11. The van der Waals surface area contributed by atoms with E-state index < -0.39 is 17.6 Å². The second kappa shape index (κ2) is 8.91. The molecule has 9 heteroatoms. The van der Waals surface area contributed by atoms with Crippen LogP contribution in [0.15, 0.2) is 42.5 Å². The van der Waals surface area contributed by atoms with Crippen LogP contribution < -0.4 is 21.3 Å². The standard InChI is InChI=1S/C20H21ClFN5O2/c1-24-20(23)25-10-12-8-11-4-2-3-5-14(11)17(12)27-19(29)18(28)26-13-6-7-15(21)16(22)9-13/h2-7,9,12,17H,8,10H2,1H3,(H,26,28)(H,27,29)(H3,23,24,25)/t12-,17-/m1/s1. The van der Waals surface area contributed by atoms with Crippen molar-refractivity contribution >= 4 is 35.1 Å². The number of guanidine groups is 1. The van der Waals surface area contributed by atoms with Crippen molar-refractivity contribution in [3.8, 4) is 0 Å². The first-order chi connectivity index (χ1) is 13.9. The monoisotopic (exact) mass is 417 g/mol. The Bertz CT molecular complexity index is 952. The Hall–Kier alpha value is -3.13. The van der Waals surface area contributed by atoms with Gasteiger partial charge in [0.15, 0.2) is 5.96 Å². The van der Waals surface area contributed by atoms with Crippen molar-refractivity contribution in [1.82, 2.24) is 16.0 Å². The number of carbonyl (C=O) groups is 2. The Morgan fingerprint density at radius 3 is 2.69 bits per heavy atom. The van der Waals surface area contributed by atoms with Crippen LogP contribution in [-0.2, 0) is 16.0 Å². The van der Waals surface area contributed by atoms with E-state index in [1.165, 1.54) is 12.1 Å². The number of anilines is 1. The highest BCUT2D eigenvalue weighted by atomic mass is 35.5. The molecule has 0 saturated heterocycles. The lowest BCUT2D eigenvalue weighted by molar-refractivity contribution is -0.136. The molecule has 0 aromatic heterocycles. The van der Waals surface area contributed by atoms with Gasteiger partial charge in [0.25, 0.3) is 0 Å². The third-order valence-electron chi connectivity index (χ3n) is 4.80. The van der Waals surface area contributed by atoms with E-state index in [4.69, 9.17) is 17.0 Å². The zero-order valence-electron chi connectivity index (χ0n) is 15.7. The smallest absolute Gasteiger partial charge is 0.313 e. The van der Waals surface area contributed by atoms with E-state index in [1.54, 1.807) is 7.05 Å². The van der Waals surface area contributed by atoms with Gasteiger partial charge in [-0.05, 0) is 35.7 Å². The second-order valence-electron chi connectivity index (χ2n) is 6.70. The molecule has 0 unspecified atom stereocenters. The van der Waals surface area contributed by atoms with Crippen molar-refractivity contribution in [2.75, 3.05) is 18.9 Å². The van der Waals surface area contributed by atoms with Crippen LogP contribution in [0.3, 0.4) is 0 Å². The van der Waals surface area contributed by atoms with Gasteiger partial charge >= 0.3 is 11.8 Å². The molecule has 2 atom stereocenters. The van der Waals surface area contributed by atoms with Gasteiger partial charge in [-0.15, -0.1) is 0 Å². The van der Waals surface area contributed by atoms with Gasteiger partial charge in [-0.2, -0.15) is 0 Å². The summed E-state index contributed by atoms with van der Waals surface area (Å²) in [4.78, 5) is 24.8. The molecule has 0 bridgehead atoms. The van der Waals surface area contributed by atoms with Crippen LogP contribution >= 0.6 is 11.6 Å². The lowest BCUT2D eigenvalue weighted by atomic mass is 10.0. The second-order valence-corrected chi connectivity index (χ2v) is 7.11. The summed E-state index contributed by atoms with van der Waals surface area (Å²) in [6.45, 7) is 0.448. The van der Waals surface area contributed by atoms with Crippen LogP contribution in [0.2, 0.25) is 5.02 Å². The van der Waals surface area contributed by atoms with Gasteiger partial charge in [-0.3, -0.25) is 15.0 Å². The Morgan fingerprint density at radius 2 is 1.97 bits per heavy atom. The van der Waals surface area contributed by atoms with Crippen LogP contribution in [0.4, 0.5) is 10.1 Å². The molecule has 7 nitrogen and oxygen atoms in total. The highest BCUT2D eigenvalue weighted by Gasteiger charge is 2.34. The van der Waals surface area contributed by atoms with Crippen molar-refractivity contribution in [3.05, 3.63) is 64.4 Å². The molecule has 2 aromatic carbocycles. The first kappa shape index (κ1) is 20.6. The van der Waals surface area contributed by atoms with Gasteiger partial charge < -0.3 is 21.3 Å². The quantitative estimate of drug-likeness (QED) is 0.298. The molecule has 1 aliphatic rings. The summed E-state index contributed by atoms with van der Waals surface area (Å²) in [5.41, 5.74) is 2.16. The summed E-state index contributed by atoms with van der Waals surface area (Å²) in [5, 5.41) is 18.4. The van der Waals surface area contributed by atoms with Crippen LogP contribution in [-0.4, -0.2) is 31.4 Å². The number of hydrogen-bond donors (Lipinski definition) is 5. The number of amides is 2. The van der Waals surface area contributed by atoms with E-state index >= 15 is 0 Å². The summed E-state index contributed by atoms with van der Waals surface area (Å²) in [7, 11) is 1.64. The molecule has 0 radical (unpaired) electrons. The van der Waals surface area contributed by atoms with E-state index in [0.717, 1.165) is 17.2 Å². The minimum absolute atomic E-state index is 0.0363. The maximum Gasteiger partial charge on any atom is 0.313 e. The van der Waals surface area contributed by atoms with E-state index in [0.29, 0.717) is 13.0 Å². The molecule has 3 rings (SSSR count). The fourth-order valence-electron chi connectivity index (χ4n) is 3.35. The van der Waals surface area contributed by atoms with Crippen molar-refractivity contribution < 1.29 is 14.0 Å². The van der Waals surface area contributed by atoms with E-state index in [1.807, 2.05) is 24.3 Å². The van der Waals surface area contributed by atoms with Gasteiger partial charge in [0, 0.05) is 25.2 Å². The fraction of sp³-hybridized carbons (Fsp3) is 0.250. The first-order valence-electron chi connectivity index (χ1n) is 9.04. The number of carbonyl (C=O) groups excluding carboxylic acids is 2. The molecule has 0 heterocycles. The Morgan fingerprint density at radius 1 is 1.21 bits per heavy atom. The molecule has 2 amide bonds. The van der Waals surface area contributed by atoms with Crippen LogP contribution in [0, 0.1) is 17.1 Å². The van der Waals surface area contributed by atoms with E-state index in [2.05, 4.69) is 21.3 Å². The Kier molecular flexibility index (Phi) is 6.33. The van der Waals surface area contributed by atoms with E-state index in [9.17, 15) is 14.0 Å². The van der Waals surface area contributed by atoms with Crippen molar-refractivity contribution in [2.45, 2.75) is 12.5 Å². The fourth-order valence-corrected chi connectivity index (χ4v) is 3.47. The predicted molar refractivity (Wildman–Crippen MR) is 109 cm³/mol. The van der Waals surface area contributed by atoms with Gasteiger partial charge in [0.05, 0.1) is 11.1 Å². The zero-order valence-corrected chi connectivity index (χ0v) is 16.4. The molecule has 5 N–H and O–H groups in total. The number of rotatable bonds is 4. The van der Waals surface area contributed by atoms with Crippen LogP contribution in [0.5, 0.6) is 0 Å². The predicted octanol–water partition coefficient (Wildman–Crippen LogP) is 2.19.